The number of thioether (sulfide) groups is 1. The predicted octanol–water partition coefficient (Wildman–Crippen LogP) is 5.14. The molecule has 0 fully saturated rings. The van der Waals surface area contributed by atoms with E-state index in [2.05, 4.69) is 20.7 Å². The maximum atomic E-state index is 12.3. The Kier molecular flexibility index (Phi) is 6.99. The van der Waals surface area contributed by atoms with Gasteiger partial charge in [-0.25, -0.2) is 5.43 Å². The van der Waals surface area contributed by atoms with Crippen molar-refractivity contribution in [2.24, 2.45) is 5.10 Å². The van der Waals surface area contributed by atoms with Gasteiger partial charge in [0.15, 0.2) is 11.0 Å². The van der Waals surface area contributed by atoms with Gasteiger partial charge >= 0.3 is 0 Å². The second kappa shape index (κ2) is 10.3. The second-order valence-corrected chi connectivity index (χ2v) is 8.36. The van der Waals surface area contributed by atoms with E-state index in [0.717, 1.165) is 22.6 Å². The van der Waals surface area contributed by atoms with Crippen molar-refractivity contribution in [1.82, 2.24) is 20.2 Å². The molecule has 1 amide bonds. The van der Waals surface area contributed by atoms with Crippen molar-refractivity contribution < 1.29 is 4.79 Å². The fourth-order valence-corrected chi connectivity index (χ4v) is 3.93. The minimum atomic E-state index is -0.243. The molecule has 0 aliphatic carbocycles. The highest BCUT2D eigenvalue weighted by Gasteiger charge is 2.17. The normalized spacial score (nSPS) is 11.1. The number of nitrogens with one attached hydrogen (secondary N) is 1. The molecular weight excluding hydrogens is 442 g/mol. The molecule has 0 unspecified atom stereocenters. The lowest BCUT2D eigenvalue weighted by Gasteiger charge is -2.10. The zero-order valence-electron chi connectivity index (χ0n) is 17.3. The molecule has 0 spiro atoms. The third kappa shape index (κ3) is 5.43. The average Bonchev–Trinajstić information content (AvgIpc) is 3.23. The molecule has 1 N–H and O–H groups in total. The van der Waals surface area contributed by atoms with Gasteiger partial charge in [0.1, 0.15) is 0 Å². The molecule has 8 heteroatoms. The van der Waals surface area contributed by atoms with Gasteiger partial charge in [0, 0.05) is 16.3 Å². The topological polar surface area (TPSA) is 72.2 Å². The number of aryl methyl sites for hydroxylation is 1. The summed E-state index contributed by atoms with van der Waals surface area (Å²) in [7, 11) is 0. The summed E-state index contributed by atoms with van der Waals surface area (Å²) in [6, 6.07) is 25.2. The smallest absolute Gasteiger partial charge is 0.250 e. The molecule has 0 saturated heterocycles. The van der Waals surface area contributed by atoms with Crippen molar-refractivity contribution in [1.29, 1.82) is 0 Å². The summed E-state index contributed by atoms with van der Waals surface area (Å²) in [5.74, 6) is 0.622. The molecule has 4 aromatic rings. The molecule has 0 aliphatic rings. The second-order valence-electron chi connectivity index (χ2n) is 6.98. The molecule has 32 heavy (non-hydrogen) atoms. The van der Waals surface area contributed by atoms with E-state index in [9.17, 15) is 4.79 Å². The number of hydrogen-bond acceptors (Lipinski definition) is 5. The van der Waals surface area contributed by atoms with Crippen molar-refractivity contribution in [2.45, 2.75) is 12.1 Å². The van der Waals surface area contributed by atoms with Crippen molar-refractivity contribution in [2.75, 3.05) is 5.75 Å². The van der Waals surface area contributed by atoms with Gasteiger partial charge < -0.3 is 0 Å². The van der Waals surface area contributed by atoms with E-state index in [1.54, 1.807) is 18.3 Å². The maximum Gasteiger partial charge on any atom is 0.250 e. The largest absolute Gasteiger partial charge is 0.272 e. The van der Waals surface area contributed by atoms with Crippen LogP contribution in [0.2, 0.25) is 5.02 Å². The Hall–Kier alpha value is -3.42. The summed E-state index contributed by atoms with van der Waals surface area (Å²) in [6.45, 7) is 2.04. The van der Waals surface area contributed by atoms with E-state index in [4.69, 9.17) is 11.6 Å². The number of nitrogens with zero attached hydrogens (tertiary/aromatic N) is 4. The van der Waals surface area contributed by atoms with Crippen LogP contribution in [-0.2, 0) is 4.79 Å². The fourth-order valence-electron chi connectivity index (χ4n) is 2.99. The first-order chi connectivity index (χ1) is 15.6. The third-order valence-corrected chi connectivity index (χ3v) is 5.71. The number of aromatic nitrogens is 3. The summed E-state index contributed by atoms with van der Waals surface area (Å²) < 4.78 is 1.96. The highest BCUT2D eigenvalue weighted by atomic mass is 35.5. The van der Waals surface area contributed by atoms with Crippen molar-refractivity contribution >= 4 is 35.5 Å². The van der Waals surface area contributed by atoms with E-state index in [1.165, 1.54) is 17.3 Å². The molecule has 4 rings (SSSR count). The van der Waals surface area contributed by atoms with Gasteiger partial charge in [-0.1, -0.05) is 83.5 Å². The first-order valence-corrected chi connectivity index (χ1v) is 11.2. The lowest BCUT2D eigenvalue weighted by molar-refractivity contribution is -0.118. The van der Waals surface area contributed by atoms with Crippen LogP contribution < -0.4 is 5.43 Å². The number of hydrogen-bond donors (Lipinski definition) is 1. The highest BCUT2D eigenvalue weighted by Crippen LogP contribution is 2.28. The zero-order chi connectivity index (χ0) is 22.3. The van der Waals surface area contributed by atoms with Gasteiger partial charge in [-0.2, -0.15) is 5.10 Å². The summed E-state index contributed by atoms with van der Waals surface area (Å²) in [4.78, 5) is 12.3. The molecule has 160 valence electrons. The SMILES string of the molecule is Cc1ccc(-c2nnc(SCC(=O)N/N=C\c3cccc(Cl)c3)n2-c2ccccc2)cc1. The lowest BCUT2D eigenvalue weighted by Crippen LogP contribution is -2.20. The Labute approximate surface area is 195 Å². The number of carbonyl (C=O) groups is 1. The van der Waals surface area contributed by atoms with Gasteiger partial charge in [0.2, 0.25) is 0 Å². The van der Waals surface area contributed by atoms with Crippen molar-refractivity contribution in [3.05, 3.63) is 95.0 Å². The third-order valence-electron chi connectivity index (χ3n) is 4.54. The van der Waals surface area contributed by atoms with E-state index < -0.39 is 0 Å². The van der Waals surface area contributed by atoms with Crippen molar-refractivity contribution in [3.63, 3.8) is 0 Å². The van der Waals surface area contributed by atoms with Crippen LogP contribution in [0.25, 0.3) is 17.1 Å². The number of amides is 1. The highest BCUT2D eigenvalue weighted by molar-refractivity contribution is 7.99. The van der Waals surface area contributed by atoms with Gasteiger partial charge in [0.05, 0.1) is 12.0 Å². The van der Waals surface area contributed by atoms with Crippen LogP contribution in [0.5, 0.6) is 0 Å². The van der Waals surface area contributed by atoms with Crippen LogP contribution in [0.4, 0.5) is 0 Å². The van der Waals surface area contributed by atoms with Crippen LogP contribution in [-0.4, -0.2) is 32.6 Å². The van der Waals surface area contributed by atoms with E-state index in [0.29, 0.717) is 10.2 Å². The Morgan fingerprint density at radius 3 is 2.59 bits per heavy atom. The Morgan fingerprint density at radius 1 is 1.06 bits per heavy atom. The number of halogens is 1. The molecule has 6 nitrogen and oxygen atoms in total. The van der Waals surface area contributed by atoms with Gasteiger partial charge in [-0.3, -0.25) is 9.36 Å². The molecule has 1 heterocycles. The molecule has 0 aliphatic heterocycles. The van der Waals surface area contributed by atoms with Gasteiger partial charge in [-0.05, 0) is 36.8 Å². The quantitative estimate of drug-likeness (QED) is 0.235. The maximum absolute atomic E-state index is 12.3. The van der Waals surface area contributed by atoms with Crippen LogP contribution in [0.15, 0.2) is 89.1 Å². The number of rotatable bonds is 7. The van der Waals surface area contributed by atoms with Gasteiger partial charge in [-0.15, -0.1) is 10.2 Å². The first kappa shape index (κ1) is 21.8. The number of benzene rings is 3. The zero-order valence-corrected chi connectivity index (χ0v) is 18.8. The average molecular weight is 462 g/mol. The van der Waals surface area contributed by atoms with Crippen LogP contribution in [0, 0.1) is 6.92 Å². The van der Waals surface area contributed by atoms with Crippen LogP contribution in [0.1, 0.15) is 11.1 Å². The standard InChI is InChI=1S/C24H20ClN5OS/c1-17-10-12-19(13-11-17)23-28-29-24(30(23)21-8-3-2-4-9-21)32-16-22(31)27-26-15-18-6-5-7-20(25)14-18/h2-15H,16H2,1H3,(H,27,31)/b26-15-. The minimum absolute atomic E-state index is 0.145. The summed E-state index contributed by atoms with van der Waals surface area (Å²) in [5, 5.41) is 14.0. The Bertz CT molecular complexity index is 1240. The van der Waals surface area contributed by atoms with E-state index in [-0.39, 0.29) is 11.7 Å². The predicted molar refractivity (Wildman–Crippen MR) is 129 cm³/mol. The Balaban J connectivity index is 1.49. The number of hydrazone groups is 1. The summed E-state index contributed by atoms with van der Waals surface area (Å²) in [5.41, 5.74) is 6.39. The first-order valence-electron chi connectivity index (χ1n) is 9.88. The Morgan fingerprint density at radius 2 is 1.84 bits per heavy atom. The van der Waals surface area contributed by atoms with Crippen molar-refractivity contribution in [3.8, 4) is 17.1 Å². The summed E-state index contributed by atoms with van der Waals surface area (Å²) in [6.07, 6.45) is 1.55. The molecule has 0 atom stereocenters. The molecule has 3 aromatic carbocycles. The van der Waals surface area contributed by atoms with Gasteiger partial charge in [0.25, 0.3) is 5.91 Å². The lowest BCUT2D eigenvalue weighted by atomic mass is 10.1. The van der Waals surface area contributed by atoms with E-state index in [1.807, 2.05) is 78.2 Å². The fraction of sp³-hybridized carbons (Fsp3) is 0.0833. The summed E-state index contributed by atoms with van der Waals surface area (Å²) >= 11 is 7.26. The molecule has 0 saturated carbocycles. The number of carbonyl (C=O) groups excluding carboxylic acids is 1. The molecule has 0 radical (unpaired) electrons. The van der Waals surface area contributed by atoms with Crippen LogP contribution >= 0.6 is 23.4 Å². The molecule has 1 aromatic heterocycles. The number of para-hydroxylation sites is 1. The molecule has 0 bridgehead atoms. The monoisotopic (exact) mass is 461 g/mol. The molecular formula is C24H20ClN5OS. The minimum Gasteiger partial charge on any atom is -0.272 e. The van der Waals surface area contributed by atoms with E-state index >= 15 is 0 Å². The van der Waals surface area contributed by atoms with Crippen LogP contribution in [0.3, 0.4) is 0 Å².